The summed E-state index contributed by atoms with van der Waals surface area (Å²) in [6, 6.07) is 9.76. The molecule has 0 bridgehead atoms. The number of nitrogens with zero attached hydrogens (tertiary/aromatic N) is 1. The van der Waals surface area contributed by atoms with Gasteiger partial charge in [0.05, 0.1) is 18.6 Å². The summed E-state index contributed by atoms with van der Waals surface area (Å²) in [5.41, 5.74) is -0.366. The second-order valence-electron chi connectivity index (χ2n) is 6.21. The third-order valence-corrected chi connectivity index (χ3v) is 4.43. The summed E-state index contributed by atoms with van der Waals surface area (Å²) in [7, 11) is 3.55. The number of piperidine rings is 1. The van der Waals surface area contributed by atoms with Crippen LogP contribution in [0.4, 0.5) is 0 Å². The number of halogens is 1. The molecule has 1 aliphatic heterocycles. The van der Waals surface area contributed by atoms with Gasteiger partial charge < -0.3 is 19.7 Å². The van der Waals surface area contributed by atoms with E-state index < -0.39 is 0 Å². The van der Waals surface area contributed by atoms with E-state index in [9.17, 15) is 4.79 Å². The topological polar surface area (TPSA) is 50.8 Å². The van der Waals surface area contributed by atoms with E-state index in [1.54, 1.807) is 7.11 Å². The van der Waals surface area contributed by atoms with Gasteiger partial charge in [-0.05, 0) is 44.5 Å². The van der Waals surface area contributed by atoms with Crippen LogP contribution in [0.5, 0.6) is 5.75 Å². The molecule has 24 heavy (non-hydrogen) atoms. The standard InChI is InChI=1S/C18H28N2O3.ClH/c1-20(13-6-14-23-16-7-4-3-5-8-16)17(21)18(15-22-2)9-11-19-12-10-18;/h3-5,7-8,19H,6,9-15H2,1-2H3;1H. The molecule has 1 heterocycles. The lowest BCUT2D eigenvalue weighted by Crippen LogP contribution is -2.50. The van der Waals surface area contributed by atoms with E-state index in [1.807, 2.05) is 42.3 Å². The predicted molar refractivity (Wildman–Crippen MR) is 97.9 cm³/mol. The van der Waals surface area contributed by atoms with Gasteiger partial charge >= 0.3 is 0 Å². The fraction of sp³-hybridized carbons (Fsp3) is 0.611. The van der Waals surface area contributed by atoms with Gasteiger partial charge in [0, 0.05) is 20.7 Å². The summed E-state index contributed by atoms with van der Waals surface area (Å²) in [5, 5.41) is 3.32. The minimum absolute atomic E-state index is 0. The van der Waals surface area contributed by atoms with Crippen molar-refractivity contribution in [3.8, 4) is 5.75 Å². The lowest BCUT2D eigenvalue weighted by molar-refractivity contribution is -0.146. The third kappa shape index (κ3) is 5.65. The van der Waals surface area contributed by atoms with Crippen LogP contribution in [0.1, 0.15) is 19.3 Å². The van der Waals surface area contributed by atoms with E-state index >= 15 is 0 Å². The molecule has 1 fully saturated rings. The van der Waals surface area contributed by atoms with Crippen molar-refractivity contribution in [1.29, 1.82) is 0 Å². The quantitative estimate of drug-likeness (QED) is 0.726. The van der Waals surface area contributed by atoms with Crippen LogP contribution in [0.2, 0.25) is 0 Å². The number of carbonyl (C=O) groups excluding carboxylic acids is 1. The van der Waals surface area contributed by atoms with Crippen molar-refractivity contribution in [3.63, 3.8) is 0 Å². The summed E-state index contributed by atoms with van der Waals surface area (Å²) >= 11 is 0. The molecule has 0 aromatic heterocycles. The van der Waals surface area contributed by atoms with Gasteiger partial charge in [-0.2, -0.15) is 0 Å². The van der Waals surface area contributed by atoms with Crippen LogP contribution in [-0.2, 0) is 9.53 Å². The van der Waals surface area contributed by atoms with Crippen molar-refractivity contribution in [2.45, 2.75) is 19.3 Å². The van der Waals surface area contributed by atoms with Crippen LogP contribution < -0.4 is 10.1 Å². The van der Waals surface area contributed by atoms with E-state index in [0.717, 1.165) is 38.1 Å². The van der Waals surface area contributed by atoms with Gasteiger partial charge in [-0.3, -0.25) is 4.79 Å². The number of benzene rings is 1. The average Bonchev–Trinajstić information content (AvgIpc) is 2.60. The number of amides is 1. The van der Waals surface area contributed by atoms with Crippen molar-refractivity contribution in [2.24, 2.45) is 5.41 Å². The van der Waals surface area contributed by atoms with Crippen LogP contribution in [-0.4, -0.2) is 57.8 Å². The molecule has 1 saturated heterocycles. The first-order chi connectivity index (χ1) is 11.2. The summed E-state index contributed by atoms with van der Waals surface area (Å²) in [6.07, 6.45) is 2.49. The molecule has 1 aromatic rings. The zero-order chi connectivity index (χ0) is 16.5. The zero-order valence-corrected chi connectivity index (χ0v) is 15.4. The summed E-state index contributed by atoms with van der Waals surface area (Å²) in [4.78, 5) is 14.7. The monoisotopic (exact) mass is 356 g/mol. The lowest BCUT2D eigenvalue weighted by Gasteiger charge is -2.38. The molecule has 1 aliphatic rings. The number of hydrogen-bond acceptors (Lipinski definition) is 4. The van der Waals surface area contributed by atoms with Gasteiger partial charge in [0.15, 0.2) is 0 Å². The van der Waals surface area contributed by atoms with Crippen molar-refractivity contribution in [1.82, 2.24) is 10.2 Å². The Morgan fingerprint density at radius 2 is 1.92 bits per heavy atom. The van der Waals surface area contributed by atoms with Gasteiger partial charge in [-0.15, -0.1) is 12.4 Å². The molecule has 0 unspecified atom stereocenters. The second-order valence-corrected chi connectivity index (χ2v) is 6.21. The van der Waals surface area contributed by atoms with Crippen LogP contribution in [0, 0.1) is 5.41 Å². The van der Waals surface area contributed by atoms with Crippen LogP contribution in [0.3, 0.4) is 0 Å². The highest BCUT2D eigenvalue weighted by Crippen LogP contribution is 2.31. The minimum atomic E-state index is -0.366. The normalized spacial score (nSPS) is 16.1. The van der Waals surface area contributed by atoms with Gasteiger partial charge in [-0.25, -0.2) is 0 Å². The van der Waals surface area contributed by atoms with Crippen molar-refractivity contribution < 1.29 is 14.3 Å². The molecule has 1 aromatic carbocycles. The van der Waals surface area contributed by atoms with Gasteiger partial charge in [-0.1, -0.05) is 18.2 Å². The van der Waals surface area contributed by atoms with Crippen molar-refractivity contribution in [3.05, 3.63) is 30.3 Å². The first-order valence-electron chi connectivity index (χ1n) is 8.31. The molecule has 0 radical (unpaired) electrons. The number of nitrogens with one attached hydrogen (secondary N) is 1. The Balaban J connectivity index is 0.00000288. The molecule has 1 amide bonds. The van der Waals surface area contributed by atoms with E-state index in [1.165, 1.54) is 0 Å². The maximum atomic E-state index is 12.9. The summed E-state index contributed by atoms with van der Waals surface area (Å²) in [5.74, 6) is 1.07. The first-order valence-corrected chi connectivity index (χ1v) is 8.31. The number of carbonyl (C=O) groups is 1. The maximum Gasteiger partial charge on any atom is 0.230 e. The molecule has 5 nitrogen and oxygen atoms in total. The Morgan fingerprint density at radius 1 is 1.25 bits per heavy atom. The molecule has 0 spiro atoms. The highest BCUT2D eigenvalue weighted by molar-refractivity contribution is 5.85. The fourth-order valence-corrected chi connectivity index (χ4v) is 3.12. The molecule has 0 aliphatic carbocycles. The number of rotatable bonds is 8. The lowest BCUT2D eigenvalue weighted by atomic mass is 9.78. The number of hydrogen-bond donors (Lipinski definition) is 1. The van der Waals surface area contributed by atoms with Crippen molar-refractivity contribution >= 4 is 18.3 Å². The Kier molecular flexibility index (Phi) is 9.11. The van der Waals surface area contributed by atoms with E-state index in [0.29, 0.717) is 19.8 Å². The van der Waals surface area contributed by atoms with E-state index in [2.05, 4.69) is 5.32 Å². The molecule has 2 rings (SSSR count). The summed E-state index contributed by atoms with van der Waals surface area (Å²) in [6.45, 7) is 3.56. The van der Waals surface area contributed by atoms with Gasteiger partial charge in [0.2, 0.25) is 5.91 Å². The van der Waals surface area contributed by atoms with E-state index in [-0.39, 0.29) is 23.7 Å². The average molecular weight is 357 g/mol. The van der Waals surface area contributed by atoms with Crippen molar-refractivity contribution in [2.75, 3.05) is 47.0 Å². The smallest absolute Gasteiger partial charge is 0.230 e. The molecule has 136 valence electrons. The Morgan fingerprint density at radius 3 is 2.54 bits per heavy atom. The molecule has 1 N–H and O–H groups in total. The zero-order valence-electron chi connectivity index (χ0n) is 14.6. The minimum Gasteiger partial charge on any atom is -0.494 e. The predicted octanol–water partition coefficient (Wildman–Crippen LogP) is 2.35. The second kappa shape index (κ2) is 10.5. The number of ether oxygens (including phenoxy) is 2. The highest BCUT2D eigenvalue weighted by Gasteiger charge is 2.41. The molecular formula is C18H29ClN2O3. The summed E-state index contributed by atoms with van der Waals surface area (Å²) < 4.78 is 11.0. The Bertz CT molecular complexity index is 473. The van der Waals surface area contributed by atoms with Gasteiger partial charge in [0.1, 0.15) is 5.75 Å². The largest absolute Gasteiger partial charge is 0.494 e. The highest BCUT2D eigenvalue weighted by atomic mass is 35.5. The van der Waals surface area contributed by atoms with Crippen LogP contribution in [0.15, 0.2) is 30.3 Å². The number of methoxy groups -OCH3 is 1. The fourth-order valence-electron chi connectivity index (χ4n) is 3.12. The SMILES string of the molecule is COCC1(C(=O)N(C)CCCOc2ccccc2)CCNCC1.Cl. The molecule has 0 atom stereocenters. The van der Waals surface area contributed by atoms with Crippen LogP contribution >= 0.6 is 12.4 Å². The molecule has 0 saturated carbocycles. The third-order valence-electron chi connectivity index (χ3n) is 4.43. The Labute approximate surface area is 151 Å². The Hall–Kier alpha value is -1.30. The maximum absolute atomic E-state index is 12.9. The number of para-hydroxylation sites is 1. The molecular weight excluding hydrogens is 328 g/mol. The molecule has 6 heteroatoms. The van der Waals surface area contributed by atoms with Crippen LogP contribution in [0.25, 0.3) is 0 Å². The van der Waals surface area contributed by atoms with Gasteiger partial charge in [0.25, 0.3) is 0 Å². The first kappa shape index (κ1) is 20.7. The van der Waals surface area contributed by atoms with E-state index in [4.69, 9.17) is 9.47 Å².